The molecule has 2 rings (SSSR count). The molecule has 0 bridgehead atoms. The summed E-state index contributed by atoms with van der Waals surface area (Å²) in [6.07, 6.45) is 4.50. The minimum atomic E-state index is 0.109. The molecule has 1 aliphatic rings. The summed E-state index contributed by atoms with van der Waals surface area (Å²) in [7, 11) is 0. The molecule has 1 saturated heterocycles. The van der Waals surface area contributed by atoms with E-state index < -0.39 is 0 Å². The third-order valence-electron chi connectivity index (χ3n) is 4.29. The Labute approximate surface area is 122 Å². The lowest BCUT2D eigenvalue weighted by Gasteiger charge is -2.33. The first-order valence-electron chi connectivity index (χ1n) is 7.78. The summed E-state index contributed by atoms with van der Waals surface area (Å²) in [6.45, 7) is 6.01. The molecule has 1 fully saturated rings. The zero-order chi connectivity index (χ0) is 14.4. The molecule has 110 valence electrons. The van der Waals surface area contributed by atoms with Crippen LogP contribution in [0.2, 0.25) is 0 Å². The van der Waals surface area contributed by atoms with Crippen LogP contribution in [0.5, 0.6) is 0 Å². The molecule has 1 N–H and O–H groups in total. The monoisotopic (exact) mass is 274 g/mol. The highest BCUT2D eigenvalue weighted by atomic mass is 16.2. The van der Waals surface area contributed by atoms with Crippen molar-refractivity contribution in [1.82, 2.24) is 10.2 Å². The van der Waals surface area contributed by atoms with Gasteiger partial charge < -0.3 is 10.2 Å². The van der Waals surface area contributed by atoms with Gasteiger partial charge in [-0.15, -0.1) is 0 Å². The lowest BCUT2D eigenvalue weighted by Crippen LogP contribution is -2.47. The standard InChI is InChI=1S/C17H26N2O/c1-14(16-9-4-3-5-10-16)11-12-18-17(20)19-13-7-6-8-15(19)2/h3-5,9-10,14-15H,6-8,11-13H2,1-2H3,(H,18,20). The average Bonchev–Trinajstić information content (AvgIpc) is 2.48. The Morgan fingerprint density at radius 3 is 2.80 bits per heavy atom. The number of rotatable bonds is 4. The van der Waals surface area contributed by atoms with Crippen molar-refractivity contribution in [1.29, 1.82) is 0 Å². The van der Waals surface area contributed by atoms with Gasteiger partial charge in [-0.3, -0.25) is 0 Å². The highest BCUT2D eigenvalue weighted by Gasteiger charge is 2.22. The van der Waals surface area contributed by atoms with Crippen molar-refractivity contribution in [2.24, 2.45) is 0 Å². The van der Waals surface area contributed by atoms with Gasteiger partial charge in [-0.2, -0.15) is 0 Å². The molecule has 3 heteroatoms. The molecule has 1 aromatic carbocycles. The summed E-state index contributed by atoms with van der Waals surface area (Å²) in [5.74, 6) is 0.482. The molecule has 1 aliphatic heterocycles. The SMILES string of the molecule is CC(CCNC(=O)N1CCCCC1C)c1ccccc1. The summed E-state index contributed by atoms with van der Waals surface area (Å²) < 4.78 is 0. The van der Waals surface area contributed by atoms with E-state index in [-0.39, 0.29) is 6.03 Å². The molecule has 1 aromatic rings. The van der Waals surface area contributed by atoms with E-state index in [0.717, 1.165) is 32.4 Å². The normalized spacial score (nSPS) is 20.5. The maximum absolute atomic E-state index is 12.1. The average molecular weight is 274 g/mol. The molecular formula is C17H26N2O. The van der Waals surface area contributed by atoms with Crippen molar-refractivity contribution >= 4 is 6.03 Å². The van der Waals surface area contributed by atoms with Crippen molar-refractivity contribution in [2.75, 3.05) is 13.1 Å². The Morgan fingerprint density at radius 1 is 1.35 bits per heavy atom. The first-order valence-corrected chi connectivity index (χ1v) is 7.78. The van der Waals surface area contributed by atoms with Gasteiger partial charge in [0.1, 0.15) is 0 Å². The molecule has 0 aromatic heterocycles. The Morgan fingerprint density at radius 2 is 2.10 bits per heavy atom. The van der Waals surface area contributed by atoms with Crippen molar-refractivity contribution in [3.05, 3.63) is 35.9 Å². The zero-order valence-corrected chi connectivity index (χ0v) is 12.6. The number of piperidine rings is 1. The second kappa shape index (κ2) is 7.32. The molecule has 20 heavy (non-hydrogen) atoms. The molecule has 3 nitrogen and oxygen atoms in total. The lowest BCUT2D eigenvalue weighted by molar-refractivity contribution is 0.158. The van der Waals surface area contributed by atoms with Crippen LogP contribution in [0.25, 0.3) is 0 Å². The van der Waals surface area contributed by atoms with Gasteiger partial charge in [0.05, 0.1) is 0 Å². The quantitative estimate of drug-likeness (QED) is 0.890. The third-order valence-corrected chi connectivity index (χ3v) is 4.29. The van der Waals surface area contributed by atoms with E-state index in [1.54, 1.807) is 0 Å². The minimum Gasteiger partial charge on any atom is -0.338 e. The van der Waals surface area contributed by atoms with Crippen LogP contribution in [-0.4, -0.2) is 30.1 Å². The van der Waals surface area contributed by atoms with Crippen LogP contribution in [0.3, 0.4) is 0 Å². The van der Waals surface area contributed by atoms with Gasteiger partial charge in [0.25, 0.3) is 0 Å². The van der Waals surface area contributed by atoms with Crippen molar-refractivity contribution in [3.63, 3.8) is 0 Å². The van der Waals surface area contributed by atoms with Crippen LogP contribution < -0.4 is 5.32 Å². The van der Waals surface area contributed by atoms with Crippen LogP contribution >= 0.6 is 0 Å². The summed E-state index contributed by atoms with van der Waals surface area (Å²) in [6, 6.07) is 11.0. The number of hydrogen-bond donors (Lipinski definition) is 1. The summed E-state index contributed by atoms with van der Waals surface area (Å²) in [5, 5.41) is 3.07. The minimum absolute atomic E-state index is 0.109. The van der Waals surface area contributed by atoms with Crippen LogP contribution in [0, 0.1) is 0 Å². The van der Waals surface area contributed by atoms with Crippen molar-refractivity contribution < 1.29 is 4.79 Å². The Bertz CT molecular complexity index is 418. The van der Waals surface area contributed by atoms with Crippen LogP contribution in [0.4, 0.5) is 4.79 Å². The maximum Gasteiger partial charge on any atom is 0.317 e. The molecule has 1 heterocycles. The van der Waals surface area contributed by atoms with Gasteiger partial charge in [0.2, 0.25) is 0 Å². The van der Waals surface area contributed by atoms with Crippen molar-refractivity contribution in [2.45, 2.75) is 51.5 Å². The number of benzene rings is 1. The second-order valence-corrected chi connectivity index (χ2v) is 5.87. The van der Waals surface area contributed by atoms with Crippen LogP contribution in [0.15, 0.2) is 30.3 Å². The smallest absolute Gasteiger partial charge is 0.317 e. The number of urea groups is 1. The largest absolute Gasteiger partial charge is 0.338 e. The zero-order valence-electron chi connectivity index (χ0n) is 12.6. The molecule has 2 unspecified atom stereocenters. The Balaban J connectivity index is 1.74. The number of carbonyl (C=O) groups excluding carboxylic acids is 1. The van der Waals surface area contributed by atoms with Crippen LogP contribution in [0.1, 0.15) is 51.0 Å². The molecule has 0 aliphatic carbocycles. The predicted molar refractivity (Wildman–Crippen MR) is 82.9 cm³/mol. The molecule has 2 atom stereocenters. The number of nitrogens with zero attached hydrogens (tertiary/aromatic N) is 1. The van der Waals surface area contributed by atoms with Gasteiger partial charge in [-0.1, -0.05) is 37.3 Å². The van der Waals surface area contributed by atoms with E-state index >= 15 is 0 Å². The van der Waals surface area contributed by atoms with Gasteiger partial charge in [-0.25, -0.2) is 4.79 Å². The van der Waals surface area contributed by atoms with Gasteiger partial charge in [0, 0.05) is 19.1 Å². The topological polar surface area (TPSA) is 32.3 Å². The molecule has 0 spiro atoms. The van der Waals surface area contributed by atoms with Crippen molar-refractivity contribution in [3.8, 4) is 0 Å². The predicted octanol–water partition coefficient (Wildman–Crippen LogP) is 3.76. The summed E-state index contributed by atoms with van der Waals surface area (Å²) in [5.41, 5.74) is 1.34. The Kier molecular flexibility index (Phi) is 5.45. The fourth-order valence-corrected chi connectivity index (χ4v) is 2.85. The van der Waals surface area contributed by atoms with E-state index in [4.69, 9.17) is 0 Å². The van der Waals surface area contributed by atoms with Crippen LogP contribution in [-0.2, 0) is 0 Å². The third kappa shape index (κ3) is 3.99. The molecule has 0 saturated carbocycles. The first kappa shape index (κ1) is 14.9. The molecule has 0 radical (unpaired) electrons. The van der Waals surface area contributed by atoms with E-state index in [0.29, 0.717) is 12.0 Å². The lowest BCUT2D eigenvalue weighted by atomic mass is 9.98. The van der Waals surface area contributed by atoms with E-state index in [1.165, 1.54) is 12.0 Å². The Hall–Kier alpha value is -1.51. The van der Waals surface area contributed by atoms with E-state index in [9.17, 15) is 4.79 Å². The number of amides is 2. The second-order valence-electron chi connectivity index (χ2n) is 5.87. The highest BCUT2D eigenvalue weighted by molar-refractivity contribution is 5.74. The van der Waals surface area contributed by atoms with Gasteiger partial charge in [0.15, 0.2) is 0 Å². The number of hydrogen-bond acceptors (Lipinski definition) is 1. The van der Waals surface area contributed by atoms with E-state index in [2.05, 4.69) is 43.4 Å². The van der Waals surface area contributed by atoms with E-state index in [1.807, 2.05) is 11.0 Å². The van der Waals surface area contributed by atoms with Gasteiger partial charge in [-0.05, 0) is 44.1 Å². The number of nitrogens with one attached hydrogen (secondary N) is 1. The summed E-state index contributed by atoms with van der Waals surface area (Å²) in [4.78, 5) is 14.1. The number of carbonyl (C=O) groups is 1. The number of likely N-dealkylation sites (tertiary alicyclic amines) is 1. The highest BCUT2D eigenvalue weighted by Crippen LogP contribution is 2.18. The fourth-order valence-electron chi connectivity index (χ4n) is 2.85. The maximum atomic E-state index is 12.1. The molecule has 2 amide bonds. The van der Waals surface area contributed by atoms with Gasteiger partial charge >= 0.3 is 6.03 Å². The molecular weight excluding hydrogens is 248 g/mol. The fraction of sp³-hybridized carbons (Fsp3) is 0.588. The first-order chi connectivity index (χ1) is 9.68. The summed E-state index contributed by atoms with van der Waals surface area (Å²) >= 11 is 0.